The normalized spacial score (nSPS) is 15.5. The van der Waals surface area contributed by atoms with Crippen molar-refractivity contribution in [3.8, 4) is 5.75 Å². The number of aromatic nitrogens is 2. The number of benzene rings is 2. The SMILES string of the molecule is COc1cc(N2CCC(C(F)(F)F)CC2)ccc1Nc1ccc2c(c1)n(C)c(=O)n2C. The lowest BCUT2D eigenvalue weighted by atomic mass is 9.96. The number of methoxy groups -OCH3 is 1. The molecule has 0 unspecified atom stereocenters. The van der Waals surface area contributed by atoms with Gasteiger partial charge in [0, 0.05) is 44.6 Å². The number of rotatable bonds is 4. The van der Waals surface area contributed by atoms with Gasteiger partial charge in [-0.15, -0.1) is 0 Å². The fraction of sp³-hybridized carbons (Fsp3) is 0.409. The van der Waals surface area contributed by atoms with Crippen LogP contribution in [0.5, 0.6) is 5.75 Å². The summed E-state index contributed by atoms with van der Waals surface area (Å²) < 4.78 is 47.5. The van der Waals surface area contributed by atoms with Crippen molar-refractivity contribution in [1.29, 1.82) is 0 Å². The molecule has 1 N–H and O–H groups in total. The fourth-order valence-corrected chi connectivity index (χ4v) is 4.18. The largest absolute Gasteiger partial charge is 0.494 e. The van der Waals surface area contributed by atoms with E-state index in [9.17, 15) is 18.0 Å². The molecule has 0 saturated carbocycles. The van der Waals surface area contributed by atoms with Crippen molar-refractivity contribution >= 4 is 28.1 Å². The van der Waals surface area contributed by atoms with E-state index in [0.29, 0.717) is 18.8 Å². The number of nitrogens with zero attached hydrogens (tertiary/aromatic N) is 3. The molecule has 0 bridgehead atoms. The van der Waals surface area contributed by atoms with E-state index < -0.39 is 12.1 Å². The summed E-state index contributed by atoms with van der Waals surface area (Å²) in [6.07, 6.45) is -3.93. The number of hydrogen-bond donors (Lipinski definition) is 1. The van der Waals surface area contributed by atoms with E-state index in [1.54, 1.807) is 30.3 Å². The molecule has 2 aromatic carbocycles. The number of alkyl halides is 3. The average molecular weight is 434 g/mol. The molecule has 4 rings (SSSR count). The van der Waals surface area contributed by atoms with E-state index in [2.05, 4.69) is 5.32 Å². The first-order chi connectivity index (χ1) is 14.7. The Morgan fingerprint density at radius 3 is 2.32 bits per heavy atom. The Balaban J connectivity index is 1.55. The van der Waals surface area contributed by atoms with Crippen molar-refractivity contribution < 1.29 is 17.9 Å². The molecule has 0 aliphatic carbocycles. The quantitative estimate of drug-likeness (QED) is 0.661. The van der Waals surface area contributed by atoms with Gasteiger partial charge in [0.15, 0.2) is 0 Å². The summed E-state index contributed by atoms with van der Waals surface area (Å²) >= 11 is 0. The zero-order chi connectivity index (χ0) is 22.3. The van der Waals surface area contributed by atoms with Crippen LogP contribution in [-0.2, 0) is 14.1 Å². The predicted octanol–water partition coefficient (Wildman–Crippen LogP) is 4.41. The standard InChI is InChI=1S/C22H25F3N4O2/c1-27-18-7-4-15(12-19(18)28(2)21(27)30)26-17-6-5-16(13-20(17)31-3)29-10-8-14(9-11-29)22(23,24)25/h4-7,12-14,26H,8-11H2,1-3H3. The molecule has 2 heterocycles. The number of aryl methyl sites for hydroxylation is 2. The Morgan fingerprint density at radius 1 is 1.00 bits per heavy atom. The minimum Gasteiger partial charge on any atom is -0.494 e. The summed E-state index contributed by atoms with van der Waals surface area (Å²) in [5.41, 5.74) is 3.91. The first-order valence-electron chi connectivity index (χ1n) is 10.1. The van der Waals surface area contributed by atoms with Crippen molar-refractivity contribution in [3.63, 3.8) is 0 Å². The molecule has 1 saturated heterocycles. The molecule has 1 aromatic heterocycles. The van der Waals surface area contributed by atoms with Crippen molar-refractivity contribution in [3.05, 3.63) is 46.9 Å². The molecule has 9 heteroatoms. The maximum absolute atomic E-state index is 12.9. The van der Waals surface area contributed by atoms with Gasteiger partial charge in [-0.05, 0) is 43.2 Å². The number of anilines is 3. The summed E-state index contributed by atoms with van der Waals surface area (Å²) in [7, 11) is 5.02. The Morgan fingerprint density at radius 2 is 1.68 bits per heavy atom. The van der Waals surface area contributed by atoms with Gasteiger partial charge in [0.1, 0.15) is 5.75 Å². The number of ether oxygens (including phenoxy) is 1. The first-order valence-corrected chi connectivity index (χ1v) is 10.1. The molecule has 0 spiro atoms. The number of halogens is 3. The third-order valence-electron chi connectivity index (χ3n) is 6.06. The van der Waals surface area contributed by atoms with Crippen molar-refractivity contribution in [2.24, 2.45) is 20.0 Å². The first kappa shape index (κ1) is 21.1. The summed E-state index contributed by atoms with van der Waals surface area (Å²) in [6.45, 7) is 0.720. The second-order valence-corrected chi connectivity index (χ2v) is 7.92. The van der Waals surface area contributed by atoms with Crippen molar-refractivity contribution in [1.82, 2.24) is 9.13 Å². The fourth-order valence-electron chi connectivity index (χ4n) is 4.18. The number of nitrogens with one attached hydrogen (secondary N) is 1. The van der Waals surface area contributed by atoms with Crippen LogP contribution >= 0.6 is 0 Å². The molecule has 1 fully saturated rings. The number of fused-ring (bicyclic) bond motifs is 1. The van der Waals surface area contributed by atoms with E-state index >= 15 is 0 Å². The molecule has 1 aliphatic heterocycles. The molecule has 0 radical (unpaired) electrons. The average Bonchev–Trinajstić information content (AvgIpc) is 2.97. The highest BCUT2D eigenvalue weighted by molar-refractivity contribution is 5.82. The third kappa shape index (κ3) is 3.96. The van der Waals surface area contributed by atoms with Gasteiger partial charge in [0.2, 0.25) is 0 Å². The van der Waals surface area contributed by atoms with Gasteiger partial charge in [-0.2, -0.15) is 13.2 Å². The van der Waals surface area contributed by atoms with Crippen LogP contribution in [0.3, 0.4) is 0 Å². The van der Waals surface area contributed by atoms with Gasteiger partial charge in [0.25, 0.3) is 0 Å². The zero-order valence-electron chi connectivity index (χ0n) is 17.7. The Kier molecular flexibility index (Phi) is 5.36. The van der Waals surface area contributed by atoms with Crippen LogP contribution in [-0.4, -0.2) is 35.5 Å². The maximum atomic E-state index is 12.9. The summed E-state index contributed by atoms with van der Waals surface area (Å²) in [5.74, 6) is -0.632. The molecule has 6 nitrogen and oxygen atoms in total. The van der Waals surface area contributed by atoms with Crippen LogP contribution in [0.25, 0.3) is 11.0 Å². The van der Waals surface area contributed by atoms with E-state index in [0.717, 1.165) is 28.1 Å². The molecule has 0 atom stereocenters. The molecule has 166 valence electrons. The number of imidazole rings is 1. The minimum atomic E-state index is -4.12. The molecule has 31 heavy (non-hydrogen) atoms. The van der Waals surface area contributed by atoms with Crippen LogP contribution in [0.2, 0.25) is 0 Å². The smallest absolute Gasteiger partial charge is 0.391 e. The Hall–Kier alpha value is -3.10. The maximum Gasteiger partial charge on any atom is 0.391 e. The van der Waals surface area contributed by atoms with Crippen LogP contribution in [0.1, 0.15) is 12.8 Å². The number of piperidine rings is 1. The van der Waals surface area contributed by atoms with E-state index in [1.807, 2.05) is 41.3 Å². The topological polar surface area (TPSA) is 51.4 Å². The second kappa shape index (κ2) is 7.86. The lowest BCUT2D eigenvalue weighted by Gasteiger charge is -2.34. The molecule has 3 aromatic rings. The van der Waals surface area contributed by atoms with Crippen LogP contribution < -0.4 is 20.6 Å². The van der Waals surface area contributed by atoms with Crippen LogP contribution in [0.4, 0.5) is 30.2 Å². The van der Waals surface area contributed by atoms with E-state index in [-0.39, 0.29) is 18.5 Å². The predicted molar refractivity (Wildman–Crippen MR) is 115 cm³/mol. The lowest BCUT2D eigenvalue weighted by Crippen LogP contribution is -2.39. The van der Waals surface area contributed by atoms with E-state index in [1.165, 1.54) is 0 Å². The van der Waals surface area contributed by atoms with Crippen molar-refractivity contribution in [2.45, 2.75) is 19.0 Å². The Bertz CT molecular complexity index is 1160. The summed E-state index contributed by atoms with van der Waals surface area (Å²) in [4.78, 5) is 14.1. The molecular weight excluding hydrogens is 409 g/mol. The molecule has 0 amide bonds. The minimum absolute atomic E-state index is 0.0941. The highest BCUT2D eigenvalue weighted by Gasteiger charge is 2.41. The second-order valence-electron chi connectivity index (χ2n) is 7.92. The summed E-state index contributed by atoms with van der Waals surface area (Å²) in [5, 5.41) is 3.31. The van der Waals surface area contributed by atoms with Crippen LogP contribution in [0.15, 0.2) is 41.2 Å². The van der Waals surface area contributed by atoms with Gasteiger partial charge in [-0.25, -0.2) is 4.79 Å². The zero-order valence-corrected chi connectivity index (χ0v) is 17.7. The number of hydrogen-bond acceptors (Lipinski definition) is 4. The summed E-state index contributed by atoms with van der Waals surface area (Å²) in [6, 6.07) is 11.2. The van der Waals surface area contributed by atoms with Crippen LogP contribution in [0, 0.1) is 5.92 Å². The van der Waals surface area contributed by atoms with Gasteiger partial charge < -0.3 is 15.0 Å². The monoisotopic (exact) mass is 434 g/mol. The highest BCUT2D eigenvalue weighted by Crippen LogP contribution is 2.37. The highest BCUT2D eigenvalue weighted by atomic mass is 19.4. The third-order valence-corrected chi connectivity index (χ3v) is 6.06. The molecule has 1 aliphatic rings. The van der Waals surface area contributed by atoms with E-state index in [4.69, 9.17) is 4.74 Å². The Labute approximate surface area is 177 Å². The lowest BCUT2D eigenvalue weighted by molar-refractivity contribution is -0.179. The van der Waals surface area contributed by atoms with Gasteiger partial charge in [0.05, 0.1) is 29.7 Å². The van der Waals surface area contributed by atoms with Gasteiger partial charge in [-0.3, -0.25) is 9.13 Å². The van der Waals surface area contributed by atoms with Gasteiger partial charge >= 0.3 is 11.9 Å². The molecular formula is C22H25F3N4O2. The van der Waals surface area contributed by atoms with Crippen molar-refractivity contribution in [2.75, 3.05) is 30.4 Å². The van der Waals surface area contributed by atoms with Gasteiger partial charge in [-0.1, -0.05) is 0 Å².